The van der Waals surface area contributed by atoms with Crippen LogP contribution in [-0.4, -0.2) is 21.1 Å². The number of Topliss-reactive ketones (excluding diaryl/α,β-unsaturated/α-hetero) is 1. The van der Waals surface area contributed by atoms with E-state index in [2.05, 4.69) is 8.75 Å². The third-order valence-electron chi connectivity index (χ3n) is 1.10. The number of hydrogen-bond acceptors (Lipinski definition) is 5. The molecule has 1 aromatic rings. The van der Waals surface area contributed by atoms with Gasteiger partial charge in [-0.25, -0.2) is 0 Å². The SMILES string of the molecule is Cc1nsnc1C(=O)CN. The fraction of sp³-hybridized carbons (Fsp3) is 0.400. The van der Waals surface area contributed by atoms with Crippen molar-refractivity contribution in [3.05, 3.63) is 11.4 Å². The van der Waals surface area contributed by atoms with Gasteiger partial charge in [-0.1, -0.05) is 0 Å². The Morgan fingerprint density at radius 2 is 2.40 bits per heavy atom. The second-order valence-corrected chi connectivity index (χ2v) is 2.35. The highest BCUT2D eigenvalue weighted by Gasteiger charge is 2.10. The van der Waals surface area contributed by atoms with E-state index >= 15 is 0 Å². The number of rotatable bonds is 2. The predicted octanol–water partition coefficient (Wildman–Crippen LogP) is -0.0121. The maximum atomic E-state index is 10.9. The van der Waals surface area contributed by atoms with Gasteiger partial charge in [-0.2, -0.15) is 8.75 Å². The molecule has 5 heteroatoms. The summed E-state index contributed by atoms with van der Waals surface area (Å²) in [5.41, 5.74) is 6.20. The van der Waals surface area contributed by atoms with Crippen molar-refractivity contribution in [1.82, 2.24) is 8.75 Å². The van der Waals surface area contributed by atoms with Crippen LogP contribution < -0.4 is 5.73 Å². The van der Waals surface area contributed by atoms with Crippen LogP contribution in [-0.2, 0) is 0 Å². The van der Waals surface area contributed by atoms with Crippen LogP contribution in [0.1, 0.15) is 16.2 Å². The summed E-state index contributed by atoms with van der Waals surface area (Å²) in [6.45, 7) is 1.75. The first-order chi connectivity index (χ1) is 4.75. The van der Waals surface area contributed by atoms with Crippen LogP contribution in [0.25, 0.3) is 0 Å². The summed E-state index contributed by atoms with van der Waals surface area (Å²) in [6, 6.07) is 0. The molecule has 0 aliphatic carbocycles. The molecular weight excluding hydrogens is 150 g/mol. The molecule has 0 radical (unpaired) electrons. The Balaban J connectivity index is 2.93. The standard InChI is InChI=1S/C5H7N3OS/c1-3-5(4(9)2-6)8-10-7-3/h2,6H2,1H3. The monoisotopic (exact) mass is 157 g/mol. The zero-order chi connectivity index (χ0) is 7.56. The van der Waals surface area contributed by atoms with E-state index in [1.807, 2.05) is 0 Å². The fourth-order valence-corrected chi connectivity index (χ4v) is 1.15. The van der Waals surface area contributed by atoms with Gasteiger partial charge in [0, 0.05) is 0 Å². The molecular formula is C5H7N3OS. The third-order valence-corrected chi connectivity index (χ3v) is 1.72. The van der Waals surface area contributed by atoms with E-state index in [1.165, 1.54) is 0 Å². The van der Waals surface area contributed by atoms with Crippen molar-refractivity contribution >= 4 is 17.5 Å². The van der Waals surface area contributed by atoms with E-state index < -0.39 is 0 Å². The Morgan fingerprint density at radius 1 is 1.70 bits per heavy atom. The highest BCUT2D eigenvalue weighted by molar-refractivity contribution is 6.99. The minimum absolute atomic E-state index is 0.00620. The first-order valence-electron chi connectivity index (χ1n) is 2.78. The number of carbonyl (C=O) groups is 1. The maximum Gasteiger partial charge on any atom is 0.197 e. The molecule has 0 saturated heterocycles. The van der Waals surface area contributed by atoms with Crippen molar-refractivity contribution in [3.63, 3.8) is 0 Å². The van der Waals surface area contributed by atoms with Crippen LogP contribution in [0.5, 0.6) is 0 Å². The Bertz CT molecular complexity index is 245. The molecule has 1 rings (SSSR count). The lowest BCUT2D eigenvalue weighted by Gasteiger charge is -1.89. The van der Waals surface area contributed by atoms with E-state index in [-0.39, 0.29) is 12.3 Å². The van der Waals surface area contributed by atoms with E-state index in [4.69, 9.17) is 5.73 Å². The van der Waals surface area contributed by atoms with Crippen LogP contribution >= 0.6 is 11.7 Å². The molecule has 2 N–H and O–H groups in total. The molecule has 0 bridgehead atoms. The van der Waals surface area contributed by atoms with E-state index in [0.29, 0.717) is 11.4 Å². The number of ketones is 1. The van der Waals surface area contributed by atoms with Crippen LogP contribution in [0.2, 0.25) is 0 Å². The molecule has 0 atom stereocenters. The highest BCUT2D eigenvalue weighted by Crippen LogP contribution is 2.03. The van der Waals surface area contributed by atoms with Gasteiger partial charge in [-0.05, 0) is 6.92 Å². The van der Waals surface area contributed by atoms with Crippen molar-refractivity contribution in [2.75, 3.05) is 6.54 Å². The summed E-state index contributed by atoms with van der Waals surface area (Å²) in [7, 11) is 0. The van der Waals surface area contributed by atoms with Crippen molar-refractivity contribution in [2.45, 2.75) is 6.92 Å². The van der Waals surface area contributed by atoms with Gasteiger partial charge in [0.25, 0.3) is 0 Å². The summed E-state index contributed by atoms with van der Waals surface area (Å²) in [6.07, 6.45) is 0. The molecule has 0 aliphatic heterocycles. The van der Waals surface area contributed by atoms with Crippen molar-refractivity contribution in [3.8, 4) is 0 Å². The normalized spacial score (nSPS) is 9.80. The minimum Gasteiger partial charge on any atom is -0.324 e. The maximum absolute atomic E-state index is 10.9. The molecule has 0 fully saturated rings. The fourth-order valence-electron chi connectivity index (χ4n) is 0.581. The van der Waals surface area contributed by atoms with Gasteiger partial charge in [0.2, 0.25) is 0 Å². The Morgan fingerprint density at radius 3 is 2.80 bits per heavy atom. The average molecular weight is 157 g/mol. The highest BCUT2D eigenvalue weighted by atomic mass is 32.1. The van der Waals surface area contributed by atoms with E-state index in [9.17, 15) is 4.79 Å². The molecule has 54 valence electrons. The quantitative estimate of drug-likeness (QED) is 0.613. The molecule has 0 amide bonds. The first-order valence-corrected chi connectivity index (χ1v) is 3.51. The van der Waals surface area contributed by atoms with E-state index in [0.717, 1.165) is 11.7 Å². The molecule has 0 unspecified atom stereocenters. The number of hydrogen-bond donors (Lipinski definition) is 1. The van der Waals surface area contributed by atoms with E-state index in [1.54, 1.807) is 6.92 Å². The summed E-state index contributed by atoms with van der Waals surface area (Å²) in [5, 5.41) is 0. The number of nitrogens with two attached hydrogens (primary N) is 1. The van der Waals surface area contributed by atoms with Crippen molar-refractivity contribution in [2.24, 2.45) is 5.73 Å². The second kappa shape index (κ2) is 2.85. The molecule has 0 spiro atoms. The summed E-state index contributed by atoms with van der Waals surface area (Å²) < 4.78 is 7.63. The molecule has 10 heavy (non-hydrogen) atoms. The summed E-state index contributed by atoms with van der Waals surface area (Å²) in [4.78, 5) is 10.9. The Labute approximate surface area is 62.4 Å². The number of aryl methyl sites for hydroxylation is 1. The zero-order valence-electron chi connectivity index (χ0n) is 5.50. The molecule has 0 aromatic carbocycles. The van der Waals surface area contributed by atoms with Gasteiger partial charge in [-0.15, -0.1) is 0 Å². The minimum atomic E-state index is -0.147. The van der Waals surface area contributed by atoms with Crippen LogP contribution in [0, 0.1) is 6.92 Å². The smallest absolute Gasteiger partial charge is 0.197 e. The molecule has 1 aromatic heterocycles. The van der Waals surface area contributed by atoms with Gasteiger partial charge in [0.05, 0.1) is 24.0 Å². The van der Waals surface area contributed by atoms with Gasteiger partial charge < -0.3 is 5.73 Å². The number of nitrogens with zero attached hydrogens (tertiary/aromatic N) is 2. The van der Waals surface area contributed by atoms with Crippen molar-refractivity contribution in [1.29, 1.82) is 0 Å². The van der Waals surface area contributed by atoms with Gasteiger partial charge in [-0.3, -0.25) is 4.79 Å². The predicted molar refractivity (Wildman–Crippen MR) is 38.0 cm³/mol. The largest absolute Gasteiger partial charge is 0.324 e. The lowest BCUT2D eigenvalue weighted by atomic mass is 10.2. The zero-order valence-corrected chi connectivity index (χ0v) is 6.31. The summed E-state index contributed by atoms with van der Waals surface area (Å²) >= 11 is 1.03. The number of carbonyl (C=O) groups excluding carboxylic acids is 1. The van der Waals surface area contributed by atoms with Crippen LogP contribution in [0.15, 0.2) is 0 Å². The first kappa shape index (κ1) is 7.30. The molecule has 1 heterocycles. The lowest BCUT2D eigenvalue weighted by Crippen LogP contribution is -2.14. The molecule has 0 aliphatic rings. The van der Waals surface area contributed by atoms with Crippen LogP contribution in [0.4, 0.5) is 0 Å². The second-order valence-electron chi connectivity index (χ2n) is 1.83. The third kappa shape index (κ3) is 1.19. The van der Waals surface area contributed by atoms with Crippen molar-refractivity contribution < 1.29 is 4.79 Å². The van der Waals surface area contributed by atoms with Gasteiger partial charge in [0.1, 0.15) is 5.69 Å². The Kier molecular flexibility index (Phi) is 2.08. The number of aromatic nitrogens is 2. The topological polar surface area (TPSA) is 68.9 Å². The summed E-state index contributed by atoms with van der Waals surface area (Å²) in [5.74, 6) is -0.147. The molecule has 4 nitrogen and oxygen atoms in total. The Hall–Kier alpha value is -0.810. The van der Waals surface area contributed by atoms with Gasteiger partial charge in [0.15, 0.2) is 5.78 Å². The van der Waals surface area contributed by atoms with Gasteiger partial charge >= 0.3 is 0 Å². The van der Waals surface area contributed by atoms with Crippen LogP contribution in [0.3, 0.4) is 0 Å². The average Bonchev–Trinajstić information content (AvgIpc) is 2.34. The molecule has 0 saturated carbocycles. The lowest BCUT2D eigenvalue weighted by molar-refractivity contribution is 0.0997.